The van der Waals surface area contributed by atoms with E-state index < -0.39 is 0 Å². The lowest BCUT2D eigenvalue weighted by Crippen LogP contribution is -2.07. The van der Waals surface area contributed by atoms with Gasteiger partial charge in [-0.3, -0.25) is 4.68 Å². The number of hydrogen-bond acceptors (Lipinski definition) is 2. The van der Waals surface area contributed by atoms with Crippen LogP contribution in [0.25, 0.3) is 11.2 Å². The van der Waals surface area contributed by atoms with Gasteiger partial charge in [-0.25, -0.2) is 4.98 Å². The Kier molecular flexibility index (Phi) is 3.53. The maximum atomic E-state index is 6.37. The van der Waals surface area contributed by atoms with Crippen LogP contribution in [0.15, 0.2) is 0 Å². The molecular weight excluding hydrogens is 272 g/mol. The first-order valence-electron chi connectivity index (χ1n) is 7.66. The summed E-state index contributed by atoms with van der Waals surface area (Å²) in [6.07, 6.45) is 4.53. The van der Waals surface area contributed by atoms with Crippen LogP contribution in [0, 0.1) is 5.92 Å². The summed E-state index contributed by atoms with van der Waals surface area (Å²) in [6.45, 7) is 6.44. The topological polar surface area (TPSA) is 35.6 Å². The summed E-state index contributed by atoms with van der Waals surface area (Å²) >= 11 is 6.37. The van der Waals surface area contributed by atoms with Crippen molar-refractivity contribution in [1.29, 1.82) is 0 Å². The van der Waals surface area contributed by atoms with Gasteiger partial charge < -0.3 is 4.57 Å². The Labute approximate surface area is 125 Å². The van der Waals surface area contributed by atoms with Crippen LogP contribution in [0.4, 0.5) is 0 Å². The van der Waals surface area contributed by atoms with E-state index in [1.807, 2.05) is 18.7 Å². The van der Waals surface area contributed by atoms with E-state index in [1.165, 1.54) is 12.8 Å². The fourth-order valence-electron chi connectivity index (χ4n) is 3.22. The van der Waals surface area contributed by atoms with Crippen LogP contribution in [0.3, 0.4) is 0 Å². The number of aryl methyl sites for hydroxylation is 2. The quantitative estimate of drug-likeness (QED) is 0.782. The Balaban J connectivity index is 2.17. The van der Waals surface area contributed by atoms with E-state index in [2.05, 4.69) is 23.5 Å². The Morgan fingerprint density at radius 2 is 2.15 bits per heavy atom. The summed E-state index contributed by atoms with van der Waals surface area (Å²) in [5, 5.41) is 4.59. The number of imidazole rings is 1. The van der Waals surface area contributed by atoms with Gasteiger partial charge in [-0.2, -0.15) is 5.10 Å². The van der Waals surface area contributed by atoms with Crippen molar-refractivity contribution >= 4 is 22.8 Å². The van der Waals surface area contributed by atoms with E-state index in [0.29, 0.717) is 6.04 Å². The highest BCUT2D eigenvalue weighted by Gasteiger charge is 2.40. The highest BCUT2D eigenvalue weighted by Crippen LogP contribution is 2.48. The number of nitrogens with zero attached hydrogens (tertiary/aromatic N) is 4. The van der Waals surface area contributed by atoms with Gasteiger partial charge in [0, 0.05) is 13.1 Å². The van der Waals surface area contributed by atoms with Crippen LogP contribution in [-0.2, 0) is 13.5 Å². The third-order valence-corrected chi connectivity index (χ3v) is 4.54. The first kappa shape index (κ1) is 13.9. The van der Waals surface area contributed by atoms with Crippen molar-refractivity contribution in [2.75, 3.05) is 0 Å². The molecule has 0 N–H and O–H groups in total. The van der Waals surface area contributed by atoms with Crippen LogP contribution in [0.5, 0.6) is 0 Å². The van der Waals surface area contributed by atoms with E-state index in [-0.39, 0.29) is 5.38 Å². The first-order valence-corrected chi connectivity index (χ1v) is 8.09. The molecule has 2 aromatic rings. The minimum atomic E-state index is -0.0602. The maximum Gasteiger partial charge on any atom is 0.158 e. The normalized spacial score (nSPS) is 23.4. The first-order chi connectivity index (χ1) is 9.58. The van der Waals surface area contributed by atoms with Gasteiger partial charge in [0.2, 0.25) is 0 Å². The second-order valence-electron chi connectivity index (χ2n) is 5.92. The van der Waals surface area contributed by atoms with Crippen LogP contribution in [-0.4, -0.2) is 19.3 Å². The minimum absolute atomic E-state index is 0.0602. The Morgan fingerprint density at radius 3 is 2.70 bits per heavy atom. The number of halogens is 1. The molecule has 0 amide bonds. The van der Waals surface area contributed by atoms with Crippen molar-refractivity contribution in [3.63, 3.8) is 0 Å². The van der Waals surface area contributed by atoms with Crippen LogP contribution >= 0.6 is 11.6 Å². The predicted octanol–water partition coefficient (Wildman–Crippen LogP) is 3.99. The number of alkyl halides is 1. The number of fused-ring (bicyclic) bond motifs is 1. The molecule has 4 nitrogen and oxygen atoms in total. The van der Waals surface area contributed by atoms with Crippen molar-refractivity contribution in [2.45, 2.75) is 57.9 Å². The second kappa shape index (κ2) is 5.06. The van der Waals surface area contributed by atoms with Gasteiger partial charge in [0.25, 0.3) is 0 Å². The zero-order valence-corrected chi connectivity index (χ0v) is 13.5. The summed E-state index contributed by atoms with van der Waals surface area (Å²) in [7, 11) is 2.02. The fraction of sp³-hybridized carbons (Fsp3) is 0.733. The van der Waals surface area contributed by atoms with E-state index in [1.54, 1.807) is 0 Å². The molecule has 3 unspecified atom stereocenters. The van der Waals surface area contributed by atoms with Gasteiger partial charge in [0.05, 0.1) is 11.1 Å². The zero-order valence-electron chi connectivity index (χ0n) is 12.7. The van der Waals surface area contributed by atoms with Gasteiger partial charge in [-0.15, -0.1) is 11.6 Å². The average Bonchev–Trinajstić information content (AvgIpc) is 2.97. The Morgan fingerprint density at radius 1 is 1.40 bits per heavy atom. The van der Waals surface area contributed by atoms with Crippen LogP contribution in [0.2, 0.25) is 0 Å². The molecule has 0 saturated heterocycles. The molecule has 110 valence electrons. The summed E-state index contributed by atoms with van der Waals surface area (Å²) in [4.78, 5) is 4.83. The van der Waals surface area contributed by atoms with Crippen LogP contribution in [0.1, 0.15) is 63.0 Å². The minimum Gasteiger partial charge on any atom is -0.308 e. The number of hydrogen-bond donors (Lipinski definition) is 0. The van der Waals surface area contributed by atoms with Crippen molar-refractivity contribution in [2.24, 2.45) is 13.0 Å². The summed E-state index contributed by atoms with van der Waals surface area (Å²) < 4.78 is 4.34. The maximum absolute atomic E-state index is 6.37. The highest BCUT2D eigenvalue weighted by atomic mass is 35.5. The monoisotopic (exact) mass is 294 g/mol. The summed E-state index contributed by atoms with van der Waals surface area (Å²) in [6, 6.07) is 0.561. The molecule has 0 bridgehead atoms. The molecule has 0 aromatic carbocycles. The standard InChI is InChI=1S/C15H23ClN4/c1-5-7-11-13-15(19(4)18-11)20(12-8-10(12)6-2)14(17-13)9(3)16/h9-10,12H,5-8H2,1-4H3. The number of rotatable bonds is 5. The fourth-order valence-corrected chi connectivity index (χ4v) is 3.37. The van der Waals surface area contributed by atoms with E-state index in [4.69, 9.17) is 16.6 Å². The third-order valence-electron chi connectivity index (χ3n) is 4.35. The van der Waals surface area contributed by atoms with E-state index in [0.717, 1.165) is 41.4 Å². The van der Waals surface area contributed by atoms with Gasteiger partial charge in [0.15, 0.2) is 5.65 Å². The molecule has 1 aliphatic rings. The number of aromatic nitrogens is 4. The summed E-state index contributed by atoms with van der Waals surface area (Å²) in [5.41, 5.74) is 3.31. The molecular formula is C15H23ClN4. The SMILES string of the molecule is CCCc1nn(C)c2c1nc(C(C)Cl)n2C1CC1CC. The van der Waals surface area contributed by atoms with Gasteiger partial charge in [0.1, 0.15) is 11.3 Å². The molecule has 20 heavy (non-hydrogen) atoms. The molecule has 0 aliphatic heterocycles. The van der Waals surface area contributed by atoms with E-state index in [9.17, 15) is 0 Å². The van der Waals surface area contributed by atoms with Gasteiger partial charge in [-0.05, 0) is 25.7 Å². The highest BCUT2D eigenvalue weighted by molar-refractivity contribution is 6.20. The Bertz CT molecular complexity index is 625. The zero-order chi connectivity index (χ0) is 14.4. The van der Waals surface area contributed by atoms with Crippen molar-refractivity contribution in [1.82, 2.24) is 19.3 Å². The van der Waals surface area contributed by atoms with Crippen LogP contribution < -0.4 is 0 Å². The predicted molar refractivity (Wildman–Crippen MR) is 82.2 cm³/mol. The molecule has 3 rings (SSSR count). The smallest absolute Gasteiger partial charge is 0.158 e. The average molecular weight is 295 g/mol. The molecule has 0 radical (unpaired) electrons. The molecule has 2 heterocycles. The van der Waals surface area contributed by atoms with Crippen molar-refractivity contribution in [3.05, 3.63) is 11.5 Å². The molecule has 5 heteroatoms. The largest absolute Gasteiger partial charge is 0.308 e. The molecule has 1 fully saturated rings. The second-order valence-corrected chi connectivity index (χ2v) is 6.57. The molecule has 3 atom stereocenters. The lowest BCUT2D eigenvalue weighted by Gasteiger charge is -2.10. The molecule has 1 saturated carbocycles. The lowest BCUT2D eigenvalue weighted by atomic mass is 10.2. The molecule has 1 aliphatic carbocycles. The lowest BCUT2D eigenvalue weighted by molar-refractivity contribution is 0.603. The summed E-state index contributed by atoms with van der Waals surface area (Å²) in [5.74, 6) is 1.78. The van der Waals surface area contributed by atoms with Crippen molar-refractivity contribution in [3.8, 4) is 0 Å². The van der Waals surface area contributed by atoms with E-state index >= 15 is 0 Å². The molecule has 2 aromatic heterocycles. The molecule has 0 spiro atoms. The van der Waals surface area contributed by atoms with Crippen molar-refractivity contribution < 1.29 is 0 Å². The van der Waals surface area contributed by atoms with Gasteiger partial charge in [-0.1, -0.05) is 26.7 Å². The third kappa shape index (κ3) is 2.05. The Hall–Kier alpha value is -1.03. The van der Waals surface area contributed by atoms with Gasteiger partial charge >= 0.3 is 0 Å².